The van der Waals surface area contributed by atoms with Gasteiger partial charge in [0.05, 0.1) is 0 Å². The summed E-state index contributed by atoms with van der Waals surface area (Å²) in [6, 6.07) is 19.3. The molecule has 0 radical (unpaired) electrons. The van der Waals surface area contributed by atoms with Crippen molar-refractivity contribution in [1.29, 1.82) is 0 Å². The number of fused-ring (bicyclic) bond motifs is 2. The van der Waals surface area contributed by atoms with Crippen molar-refractivity contribution in [2.45, 2.75) is 31.6 Å². The normalized spacial score (nSPS) is 15.8. The van der Waals surface area contributed by atoms with Crippen molar-refractivity contribution < 1.29 is 24.2 Å². The third kappa shape index (κ3) is 4.76. The SMILES string of the molecule is O=C(C[C@H](C1=Cc2ccccc2OC1)c1c(O)cc(O)c2c(=O)cc(-c3ccccc3)oc12)N1CCCCC1. The Morgan fingerprint density at radius 2 is 1.67 bits per heavy atom. The summed E-state index contributed by atoms with van der Waals surface area (Å²) in [5, 5.41) is 21.9. The number of likely N-dealkylation sites (tertiary alicyclic amines) is 1. The number of benzene rings is 3. The third-order valence-corrected chi connectivity index (χ3v) is 7.59. The highest BCUT2D eigenvalue weighted by Crippen LogP contribution is 2.45. The molecule has 0 bridgehead atoms. The molecular formula is C32H29NO6. The topological polar surface area (TPSA) is 100 Å². The first-order valence-corrected chi connectivity index (χ1v) is 13.3. The first-order chi connectivity index (χ1) is 19.0. The van der Waals surface area contributed by atoms with Crippen LogP contribution >= 0.6 is 0 Å². The van der Waals surface area contributed by atoms with E-state index in [1.807, 2.05) is 65.6 Å². The van der Waals surface area contributed by atoms with Crippen LogP contribution in [0.15, 0.2) is 81.5 Å². The van der Waals surface area contributed by atoms with Crippen LogP contribution in [0.1, 0.15) is 42.7 Å². The molecule has 2 aliphatic rings. The lowest BCUT2D eigenvalue weighted by Gasteiger charge is -2.31. The summed E-state index contributed by atoms with van der Waals surface area (Å²) >= 11 is 0. The summed E-state index contributed by atoms with van der Waals surface area (Å²) in [4.78, 5) is 28.7. The average Bonchev–Trinajstić information content (AvgIpc) is 2.96. The zero-order valence-electron chi connectivity index (χ0n) is 21.4. The minimum Gasteiger partial charge on any atom is -0.507 e. The van der Waals surface area contributed by atoms with Crippen LogP contribution in [0, 0.1) is 0 Å². The maximum Gasteiger partial charge on any atom is 0.223 e. The number of piperidine rings is 1. The fraction of sp³-hybridized carbons (Fsp3) is 0.250. The molecule has 7 heteroatoms. The molecule has 0 unspecified atom stereocenters. The minimum atomic E-state index is -0.648. The third-order valence-electron chi connectivity index (χ3n) is 7.59. The maximum absolute atomic E-state index is 13.6. The summed E-state index contributed by atoms with van der Waals surface area (Å²) < 4.78 is 12.3. The van der Waals surface area contributed by atoms with E-state index in [0.29, 0.717) is 24.4 Å². The van der Waals surface area contributed by atoms with Crippen LogP contribution < -0.4 is 10.2 Å². The lowest BCUT2D eigenvalue weighted by atomic mass is 9.84. The summed E-state index contributed by atoms with van der Waals surface area (Å²) in [5.41, 5.74) is 2.24. The van der Waals surface area contributed by atoms with E-state index in [1.54, 1.807) is 0 Å². The van der Waals surface area contributed by atoms with Gasteiger partial charge in [0.2, 0.25) is 5.91 Å². The number of phenols is 2. The fourth-order valence-corrected chi connectivity index (χ4v) is 5.60. The van der Waals surface area contributed by atoms with Crippen molar-refractivity contribution in [2.75, 3.05) is 19.7 Å². The van der Waals surface area contributed by atoms with Gasteiger partial charge in [-0.25, -0.2) is 0 Å². The molecule has 2 N–H and O–H groups in total. The Kier molecular flexibility index (Phi) is 6.57. The number of aromatic hydroxyl groups is 2. The van der Waals surface area contributed by atoms with Crippen LogP contribution in [-0.2, 0) is 4.79 Å². The maximum atomic E-state index is 13.6. The van der Waals surface area contributed by atoms with Gasteiger partial charge in [-0.05, 0) is 37.0 Å². The molecule has 2 aliphatic heterocycles. The van der Waals surface area contributed by atoms with Gasteiger partial charge in [-0.1, -0.05) is 48.5 Å². The van der Waals surface area contributed by atoms with E-state index in [-0.39, 0.29) is 47.0 Å². The smallest absolute Gasteiger partial charge is 0.223 e. The number of ether oxygens (including phenoxy) is 1. The van der Waals surface area contributed by atoms with Crippen molar-refractivity contribution in [3.05, 3.63) is 93.7 Å². The first-order valence-electron chi connectivity index (χ1n) is 13.3. The number of nitrogens with zero attached hydrogens (tertiary/aromatic N) is 1. The van der Waals surface area contributed by atoms with E-state index >= 15 is 0 Å². The molecule has 1 saturated heterocycles. The number of hydrogen-bond acceptors (Lipinski definition) is 6. The van der Waals surface area contributed by atoms with Gasteiger partial charge in [-0.15, -0.1) is 0 Å². The van der Waals surface area contributed by atoms with Crippen molar-refractivity contribution in [3.8, 4) is 28.6 Å². The Balaban J connectivity index is 1.55. The molecule has 1 aromatic heterocycles. The Labute approximate surface area is 225 Å². The van der Waals surface area contributed by atoms with Gasteiger partial charge in [0.25, 0.3) is 0 Å². The van der Waals surface area contributed by atoms with E-state index < -0.39 is 11.3 Å². The van der Waals surface area contributed by atoms with Crippen LogP contribution in [-0.4, -0.2) is 40.7 Å². The second-order valence-electron chi connectivity index (χ2n) is 10.1. The molecular weight excluding hydrogens is 494 g/mol. The van der Waals surface area contributed by atoms with Gasteiger partial charge in [-0.3, -0.25) is 9.59 Å². The number of hydrogen-bond donors (Lipinski definition) is 2. The Bertz CT molecular complexity index is 1630. The van der Waals surface area contributed by atoms with E-state index in [0.717, 1.165) is 42.2 Å². The number of amides is 1. The Morgan fingerprint density at radius 3 is 2.46 bits per heavy atom. The lowest BCUT2D eigenvalue weighted by molar-refractivity contribution is -0.132. The van der Waals surface area contributed by atoms with E-state index in [2.05, 4.69) is 0 Å². The van der Waals surface area contributed by atoms with Gasteiger partial charge < -0.3 is 24.3 Å². The van der Waals surface area contributed by atoms with Crippen LogP contribution in [0.25, 0.3) is 28.4 Å². The highest BCUT2D eigenvalue weighted by Gasteiger charge is 2.32. The van der Waals surface area contributed by atoms with Crippen LogP contribution in [0.3, 0.4) is 0 Å². The van der Waals surface area contributed by atoms with Gasteiger partial charge in [0.15, 0.2) is 5.43 Å². The Morgan fingerprint density at radius 1 is 0.923 bits per heavy atom. The quantitative estimate of drug-likeness (QED) is 0.341. The van der Waals surface area contributed by atoms with E-state index in [1.165, 1.54) is 6.07 Å². The predicted molar refractivity (Wildman–Crippen MR) is 149 cm³/mol. The van der Waals surface area contributed by atoms with E-state index in [4.69, 9.17) is 9.15 Å². The lowest BCUT2D eigenvalue weighted by Crippen LogP contribution is -2.36. The van der Waals surface area contributed by atoms with Crippen molar-refractivity contribution in [3.63, 3.8) is 0 Å². The van der Waals surface area contributed by atoms with Crippen molar-refractivity contribution >= 4 is 23.0 Å². The molecule has 1 fully saturated rings. The molecule has 0 saturated carbocycles. The minimum absolute atomic E-state index is 0.0318. The molecule has 3 heterocycles. The highest BCUT2D eigenvalue weighted by molar-refractivity contribution is 5.91. The zero-order chi connectivity index (χ0) is 26.9. The molecule has 0 aliphatic carbocycles. The molecule has 4 aromatic rings. The number of carbonyl (C=O) groups is 1. The summed E-state index contributed by atoms with van der Waals surface area (Å²) in [6.45, 7) is 1.60. The standard InChI is InChI=1S/C32H29NO6/c34-24-17-25(35)31-26(36)18-28(20-9-3-1-4-10-20)39-32(31)30(24)23(16-29(37)33-13-7-2-8-14-33)22-15-21-11-5-6-12-27(21)38-19-22/h1,3-6,9-12,15,17-18,23,34-35H,2,7-8,13-14,16,19H2/t23-/m1/s1. The number of carbonyl (C=O) groups excluding carboxylic acids is 1. The molecule has 39 heavy (non-hydrogen) atoms. The summed E-state index contributed by atoms with van der Waals surface area (Å²) in [6.07, 6.45) is 5.05. The second kappa shape index (κ2) is 10.3. The molecule has 198 valence electrons. The Hall–Kier alpha value is -4.52. The molecule has 7 nitrogen and oxygen atoms in total. The highest BCUT2D eigenvalue weighted by atomic mass is 16.5. The van der Waals surface area contributed by atoms with Gasteiger partial charge in [0, 0.05) is 54.3 Å². The van der Waals surface area contributed by atoms with Crippen molar-refractivity contribution in [2.24, 2.45) is 0 Å². The second-order valence-corrected chi connectivity index (χ2v) is 10.1. The van der Waals surface area contributed by atoms with Gasteiger partial charge in [-0.2, -0.15) is 0 Å². The average molecular weight is 524 g/mol. The first kappa shape index (κ1) is 24.8. The molecule has 3 aromatic carbocycles. The van der Waals surface area contributed by atoms with Crippen LogP contribution in [0.4, 0.5) is 0 Å². The monoisotopic (exact) mass is 523 g/mol. The van der Waals surface area contributed by atoms with Crippen molar-refractivity contribution in [1.82, 2.24) is 4.90 Å². The number of phenolic OH excluding ortho intramolecular Hbond substituents is 2. The predicted octanol–water partition coefficient (Wildman–Crippen LogP) is 5.83. The van der Waals surface area contributed by atoms with Crippen LogP contribution in [0.5, 0.6) is 17.2 Å². The molecule has 6 rings (SSSR count). The number of rotatable bonds is 5. The molecule has 1 atom stereocenters. The fourth-order valence-electron chi connectivity index (χ4n) is 5.60. The van der Waals surface area contributed by atoms with Crippen LogP contribution in [0.2, 0.25) is 0 Å². The van der Waals surface area contributed by atoms with Gasteiger partial charge in [0.1, 0.15) is 40.6 Å². The summed E-state index contributed by atoms with van der Waals surface area (Å²) in [7, 11) is 0. The van der Waals surface area contributed by atoms with E-state index in [9.17, 15) is 19.8 Å². The largest absolute Gasteiger partial charge is 0.507 e. The summed E-state index contributed by atoms with van der Waals surface area (Å²) in [5.74, 6) is -0.268. The zero-order valence-corrected chi connectivity index (χ0v) is 21.4. The molecule has 1 amide bonds. The number of para-hydroxylation sites is 1. The van der Waals surface area contributed by atoms with Gasteiger partial charge >= 0.3 is 0 Å². The molecule has 0 spiro atoms.